The molecule has 1 aromatic carbocycles. The highest BCUT2D eigenvalue weighted by Crippen LogP contribution is 2.34. The number of rotatable bonds is 4. The third kappa shape index (κ3) is 3.41. The first-order valence-corrected chi connectivity index (χ1v) is 10.8. The van der Waals surface area contributed by atoms with Gasteiger partial charge in [0.1, 0.15) is 11.6 Å². The van der Waals surface area contributed by atoms with E-state index in [-0.39, 0.29) is 0 Å². The van der Waals surface area contributed by atoms with Gasteiger partial charge in [-0.25, -0.2) is 4.98 Å². The lowest BCUT2D eigenvalue weighted by Crippen LogP contribution is -2.26. The van der Waals surface area contributed by atoms with E-state index >= 15 is 0 Å². The van der Waals surface area contributed by atoms with Crippen LogP contribution in [0.4, 0.5) is 0 Å². The number of H-pyrrole nitrogens is 1. The number of nitrogens with zero attached hydrogens (tertiary/aromatic N) is 4. The van der Waals surface area contributed by atoms with E-state index in [1.807, 2.05) is 12.3 Å². The zero-order valence-corrected chi connectivity index (χ0v) is 17.8. The number of fused-ring (bicyclic) bond motifs is 1. The number of nitrogens with one attached hydrogen (secondary N) is 2. The highest BCUT2D eigenvalue weighted by atomic mass is 15.2. The maximum Gasteiger partial charge on any atom is 0.160 e. The maximum atomic E-state index is 4.77. The number of benzene rings is 1. The molecular formula is C24H28N6. The van der Waals surface area contributed by atoms with Crippen LogP contribution in [-0.2, 0) is 0 Å². The van der Waals surface area contributed by atoms with Gasteiger partial charge in [0, 0.05) is 23.2 Å². The second-order valence-electron chi connectivity index (χ2n) is 8.62. The number of aryl methyl sites for hydroxylation is 1. The molecule has 0 spiro atoms. The SMILES string of the molecule is Cc1ccc(C2CCNCC2)c(-c2ncc(-c3ccc4nnc(C(C)C)n4c3)[nH]2)c1. The van der Waals surface area contributed by atoms with Crippen LogP contribution in [0, 0.1) is 6.92 Å². The summed E-state index contributed by atoms with van der Waals surface area (Å²) in [6.45, 7) is 8.58. The van der Waals surface area contributed by atoms with E-state index < -0.39 is 0 Å². The minimum absolute atomic E-state index is 0.312. The Hall–Kier alpha value is -2.99. The highest BCUT2D eigenvalue weighted by molar-refractivity contribution is 5.68. The summed E-state index contributed by atoms with van der Waals surface area (Å²) in [5.41, 5.74) is 6.84. The predicted octanol–water partition coefficient (Wildman–Crippen LogP) is 4.69. The molecule has 30 heavy (non-hydrogen) atoms. The Morgan fingerprint density at radius 1 is 1.07 bits per heavy atom. The number of aromatic nitrogens is 5. The molecule has 0 unspecified atom stereocenters. The lowest BCUT2D eigenvalue weighted by atomic mass is 9.86. The van der Waals surface area contributed by atoms with Crippen molar-refractivity contribution in [3.05, 3.63) is 59.7 Å². The Bertz CT molecular complexity index is 1180. The number of imidazole rings is 1. The predicted molar refractivity (Wildman–Crippen MR) is 120 cm³/mol. The number of hydrogen-bond acceptors (Lipinski definition) is 4. The van der Waals surface area contributed by atoms with Crippen molar-refractivity contribution in [1.82, 2.24) is 29.9 Å². The molecule has 0 aliphatic carbocycles. The van der Waals surface area contributed by atoms with Crippen LogP contribution in [0.5, 0.6) is 0 Å². The van der Waals surface area contributed by atoms with Gasteiger partial charge in [-0.15, -0.1) is 10.2 Å². The van der Waals surface area contributed by atoms with Gasteiger partial charge < -0.3 is 10.3 Å². The Labute approximate surface area is 176 Å². The van der Waals surface area contributed by atoms with Gasteiger partial charge in [0.05, 0.1) is 11.9 Å². The van der Waals surface area contributed by atoms with E-state index in [4.69, 9.17) is 4.98 Å². The van der Waals surface area contributed by atoms with Crippen LogP contribution in [0.3, 0.4) is 0 Å². The quantitative estimate of drug-likeness (QED) is 0.522. The minimum Gasteiger partial charge on any atom is -0.338 e. The first-order chi connectivity index (χ1) is 14.6. The Balaban J connectivity index is 1.54. The standard InChI is InChI=1S/C24H28N6/c1-15(2)24-29-28-22-7-5-18(14-30(22)24)21-13-26-23(27-21)20-12-16(3)4-6-19(20)17-8-10-25-11-9-17/h4-7,12-15,17,25H,8-11H2,1-3H3,(H,26,27). The molecule has 4 aromatic rings. The number of piperidine rings is 1. The summed E-state index contributed by atoms with van der Waals surface area (Å²) in [6.07, 6.45) is 6.38. The van der Waals surface area contributed by atoms with E-state index in [0.717, 1.165) is 41.6 Å². The average Bonchev–Trinajstić information content (AvgIpc) is 3.41. The molecule has 6 heteroatoms. The molecule has 154 valence electrons. The smallest absolute Gasteiger partial charge is 0.160 e. The van der Waals surface area contributed by atoms with Crippen molar-refractivity contribution in [1.29, 1.82) is 0 Å². The van der Waals surface area contributed by atoms with Gasteiger partial charge in [0.2, 0.25) is 0 Å². The first kappa shape index (κ1) is 19.0. The second kappa shape index (κ2) is 7.69. The fourth-order valence-corrected chi connectivity index (χ4v) is 4.43. The van der Waals surface area contributed by atoms with E-state index in [1.54, 1.807) is 0 Å². The van der Waals surface area contributed by atoms with Crippen molar-refractivity contribution >= 4 is 5.65 Å². The average molecular weight is 401 g/mol. The van der Waals surface area contributed by atoms with Gasteiger partial charge in [-0.05, 0) is 62.5 Å². The van der Waals surface area contributed by atoms with Crippen molar-refractivity contribution in [2.45, 2.75) is 45.4 Å². The molecule has 0 atom stereocenters. The van der Waals surface area contributed by atoms with Gasteiger partial charge in [-0.2, -0.15) is 0 Å². The molecule has 1 fully saturated rings. The summed E-state index contributed by atoms with van der Waals surface area (Å²) in [5, 5.41) is 12.1. The molecule has 5 rings (SSSR count). The summed E-state index contributed by atoms with van der Waals surface area (Å²) in [4.78, 5) is 8.35. The molecule has 6 nitrogen and oxygen atoms in total. The first-order valence-electron chi connectivity index (χ1n) is 10.8. The molecule has 1 aliphatic heterocycles. The van der Waals surface area contributed by atoms with E-state index in [1.165, 1.54) is 29.5 Å². The summed E-state index contributed by atoms with van der Waals surface area (Å²) < 4.78 is 2.08. The molecule has 0 radical (unpaired) electrons. The van der Waals surface area contributed by atoms with E-state index in [0.29, 0.717) is 11.8 Å². The maximum absolute atomic E-state index is 4.77. The van der Waals surface area contributed by atoms with Crippen LogP contribution < -0.4 is 5.32 Å². The lowest BCUT2D eigenvalue weighted by molar-refractivity contribution is 0.461. The summed E-state index contributed by atoms with van der Waals surface area (Å²) in [5.74, 6) is 2.80. The fourth-order valence-electron chi connectivity index (χ4n) is 4.43. The van der Waals surface area contributed by atoms with Crippen molar-refractivity contribution in [2.24, 2.45) is 0 Å². The molecule has 0 amide bonds. The molecule has 3 aromatic heterocycles. The Morgan fingerprint density at radius 2 is 1.90 bits per heavy atom. The molecule has 4 heterocycles. The van der Waals surface area contributed by atoms with Gasteiger partial charge in [-0.3, -0.25) is 4.40 Å². The molecular weight excluding hydrogens is 372 g/mol. The lowest BCUT2D eigenvalue weighted by Gasteiger charge is -2.25. The van der Waals surface area contributed by atoms with Crippen LogP contribution >= 0.6 is 0 Å². The topological polar surface area (TPSA) is 70.9 Å². The number of pyridine rings is 1. The largest absolute Gasteiger partial charge is 0.338 e. The van der Waals surface area contributed by atoms with Crippen LogP contribution in [0.15, 0.2) is 42.7 Å². The number of aromatic amines is 1. The van der Waals surface area contributed by atoms with Crippen LogP contribution in [0.25, 0.3) is 28.3 Å². The second-order valence-corrected chi connectivity index (χ2v) is 8.62. The van der Waals surface area contributed by atoms with Crippen LogP contribution in [0.2, 0.25) is 0 Å². The van der Waals surface area contributed by atoms with Crippen molar-refractivity contribution in [3.63, 3.8) is 0 Å². The summed E-state index contributed by atoms with van der Waals surface area (Å²) in [6, 6.07) is 10.9. The van der Waals surface area contributed by atoms with Crippen LogP contribution in [0.1, 0.15) is 55.5 Å². The minimum atomic E-state index is 0.312. The van der Waals surface area contributed by atoms with Crippen LogP contribution in [-0.4, -0.2) is 37.7 Å². The summed E-state index contributed by atoms with van der Waals surface area (Å²) >= 11 is 0. The monoisotopic (exact) mass is 400 g/mol. The number of hydrogen-bond donors (Lipinski definition) is 2. The van der Waals surface area contributed by atoms with E-state index in [9.17, 15) is 0 Å². The normalized spacial score (nSPS) is 15.3. The molecule has 0 bridgehead atoms. The zero-order valence-electron chi connectivity index (χ0n) is 17.8. The molecule has 2 N–H and O–H groups in total. The van der Waals surface area contributed by atoms with Crippen molar-refractivity contribution in [2.75, 3.05) is 13.1 Å². The van der Waals surface area contributed by atoms with Gasteiger partial charge >= 0.3 is 0 Å². The highest BCUT2D eigenvalue weighted by Gasteiger charge is 2.20. The molecule has 1 saturated heterocycles. The van der Waals surface area contributed by atoms with Gasteiger partial charge in [-0.1, -0.05) is 31.5 Å². The molecule has 1 aliphatic rings. The molecule has 0 saturated carbocycles. The Kier molecular flexibility index (Phi) is 4.87. The third-order valence-corrected chi connectivity index (χ3v) is 6.07. The van der Waals surface area contributed by atoms with E-state index in [2.05, 4.69) is 76.1 Å². The van der Waals surface area contributed by atoms with Crippen molar-refractivity contribution < 1.29 is 0 Å². The summed E-state index contributed by atoms with van der Waals surface area (Å²) in [7, 11) is 0. The Morgan fingerprint density at radius 3 is 2.70 bits per heavy atom. The zero-order chi connectivity index (χ0) is 20.7. The third-order valence-electron chi connectivity index (χ3n) is 6.07. The van der Waals surface area contributed by atoms with Gasteiger partial charge in [0.15, 0.2) is 5.65 Å². The fraction of sp³-hybridized carbons (Fsp3) is 0.375. The van der Waals surface area contributed by atoms with Gasteiger partial charge in [0.25, 0.3) is 0 Å². The van der Waals surface area contributed by atoms with Crippen molar-refractivity contribution in [3.8, 4) is 22.6 Å².